The second-order valence-corrected chi connectivity index (χ2v) is 7.41. The summed E-state index contributed by atoms with van der Waals surface area (Å²) in [5, 5.41) is 6.97. The lowest BCUT2D eigenvalue weighted by molar-refractivity contribution is 0.225. The van der Waals surface area contributed by atoms with Crippen LogP contribution < -0.4 is 10.6 Å². The van der Waals surface area contributed by atoms with Crippen molar-refractivity contribution in [2.75, 3.05) is 39.5 Å². The molecule has 1 aliphatic heterocycles. The zero-order valence-electron chi connectivity index (χ0n) is 13.8. The number of hydrogen-bond acceptors (Lipinski definition) is 3. The van der Waals surface area contributed by atoms with Crippen molar-refractivity contribution in [2.45, 2.75) is 37.5 Å². The molecule has 2 N–H and O–H groups in total. The van der Waals surface area contributed by atoms with Crippen LogP contribution in [0.3, 0.4) is 0 Å². The number of piperidine rings is 1. The average Bonchev–Trinajstić information content (AvgIpc) is 2.45. The van der Waals surface area contributed by atoms with Crippen molar-refractivity contribution in [3.63, 3.8) is 0 Å². The van der Waals surface area contributed by atoms with Crippen LogP contribution in [0.2, 0.25) is 0 Å². The standard InChI is InChI=1S/C15H30N4S.HI/c1-6-9-19-10-7-13(8-11-19)18-14(16-4)17-12-15(2,3)20-5;/h6,13H,1,7-12H2,2-5H3,(H2,16,17,18);1H. The summed E-state index contributed by atoms with van der Waals surface area (Å²) in [4.78, 5) is 6.77. The molecule has 0 bridgehead atoms. The minimum Gasteiger partial charge on any atom is -0.355 e. The van der Waals surface area contributed by atoms with Crippen LogP contribution in [-0.2, 0) is 0 Å². The van der Waals surface area contributed by atoms with E-state index in [1.165, 1.54) is 12.8 Å². The van der Waals surface area contributed by atoms with Gasteiger partial charge in [-0.2, -0.15) is 11.8 Å². The van der Waals surface area contributed by atoms with E-state index in [1.807, 2.05) is 24.9 Å². The third-order valence-corrected chi connectivity index (χ3v) is 5.02. The predicted molar refractivity (Wildman–Crippen MR) is 107 cm³/mol. The summed E-state index contributed by atoms with van der Waals surface area (Å²) < 4.78 is 0.227. The molecule has 21 heavy (non-hydrogen) atoms. The highest BCUT2D eigenvalue weighted by Gasteiger charge is 2.20. The fourth-order valence-corrected chi connectivity index (χ4v) is 2.42. The Balaban J connectivity index is 0.00000400. The Bertz CT molecular complexity index is 326. The summed E-state index contributed by atoms with van der Waals surface area (Å²) in [6, 6.07) is 0.527. The lowest BCUT2D eigenvalue weighted by Gasteiger charge is -2.33. The Labute approximate surface area is 151 Å². The number of thioether (sulfide) groups is 1. The first kappa shape index (κ1) is 21.0. The van der Waals surface area contributed by atoms with Gasteiger partial charge in [0.05, 0.1) is 0 Å². The van der Waals surface area contributed by atoms with Crippen LogP contribution in [0.25, 0.3) is 0 Å². The molecule has 1 rings (SSSR count). The zero-order valence-corrected chi connectivity index (χ0v) is 17.0. The molecule has 4 nitrogen and oxygen atoms in total. The maximum atomic E-state index is 4.33. The number of halogens is 1. The fraction of sp³-hybridized carbons (Fsp3) is 0.800. The fourth-order valence-electron chi connectivity index (χ4n) is 2.20. The van der Waals surface area contributed by atoms with Gasteiger partial charge in [0.2, 0.25) is 0 Å². The van der Waals surface area contributed by atoms with E-state index < -0.39 is 0 Å². The van der Waals surface area contributed by atoms with Gasteiger partial charge in [-0.25, -0.2) is 0 Å². The van der Waals surface area contributed by atoms with Gasteiger partial charge in [-0.15, -0.1) is 30.6 Å². The molecular formula is C15H31IN4S. The maximum Gasteiger partial charge on any atom is 0.191 e. The van der Waals surface area contributed by atoms with E-state index in [1.54, 1.807) is 0 Å². The van der Waals surface area contributed by atoms with Gasteiger partial charge in [-0.1, -0.05) is 6.08 Å². The van der Waals surface area contributed by atoms with Crippen LogP contribution in [0, 0.1) is 0 Å². The molecule has 1 fully saturated rings. The van der Waals surface area contributed by atoms with Crippen LogP contribution in [0.15, 0.2) is 17.6 Å². The summed E-state index contributed by atoms with van der Waals surface area (Å²) in [6.45, 7) is 12.5. The molecule has 6 heteroatoms. The van der Waals surface area contributed by atoms with E-state index in [9.17, 15) is 0 Å². The van der Waals surface area contributed by atoms with Gasteiger partial charge < -0.3 is 10.6 Å². The smallest absolute Gasteiger partial charge is 0.191 e. The highest BCUT2D eigenvalue weighted by molar-refractivity contribution is 14.0. The summed E-state index contributed by atoms with van der Waals surface area (Å²) in [5.74, 6) is 0.925. The first-order valence-electron chi connectivity index (χ1n) is 7.36. The molecule has 0 aromatic heterocycles. The van der Waals surface area contributed by atoms with Gasteiger partial charge in [-0.3, -0.25) is 9.89 Å². The molecule has 0 atom stereocenters. The molecule has 0 saturated carbocycles. The van der Waals surface area contributed by atoms with E-state index in [4.69, 9.17) is 0 Å². The Morgan fingerprint density at radius 2 is 2.05 bits per heavy atom. The second-order valence-electron chi connectivity index (χ2n) is 5.90. The summed E-state index contributed by atoms with van der Waals surface area (Å²) in [7, 11) is 1.84. The Morgan fingerprint density at radius 1 is 1.43 bits per heavy atom. The highest BCUT2D eigenvalue weighted by Crippen LogP contribution is 2.19. The van der Waals surface area contributed by atoms with E-state index in [0.29, 0.717) is 6.04 Å². The second kappa shape index (κ2) is 10.7. The number of nitrogens with one attached hydrogen (secondary N) is 2. The monoisotopic (exact) mass is 426 g/mol. The van der Waals surface area contributed by atoms with Crippen LogP contribution in [0.5, 0.6) is 0 Å². The normalized spacial score (nSPS) is 18.0. The van der Waals surface area contributed by atoms with E-state index in [-0.39, 0.29) is 28.7 Å². The number of nitrogens with zero attached hydrogens (tertiary/aromatic N) is 2. The number of likely N-dealkylation sites (tertiary alicyclic amines) is 1. The summed E-state index contributed by atoms with van der Waals surface area (Å²) in [6.07, 6.45) is 6.47. The van der Waals surface area contributed by atoms with Crippen molar-refractivity contribution in [1.82, 2.24) is 15.5 Å². The van der Waals surface area contributed by atoms with Gasteiger partial charge in [0, 0.05) is 44.0 Å². The molecule has 1 heterocycles. The number of hydrogen-bond donors (Lipinski definition) is 2. The van der Waals surface area contributed by atoms with Gasteiger partial charge >= 0.3 is 0 Å². The predicted octanol–water partition coefficient (Wildman–Crippen LogP) is 2.56. The molecule has 124 valence electrons. The first-order valence-corrected chi connectivity index (χ1v) is 8.59. The molecule has 0 aliphatic carbocycles. The third-order valence-electron chi connectivity index (χ3n) is 3.77. The average molecular weight is 426 g/mol. The molecule has 0 aromatic carbocycles. The lowest BCUT2D eigenvalue weighted by atomic mass is 10.1. The third kappa shape index (κ3) is 8.30. The minimum absolute atomic E-state index is 0. The molecule has 0 aromatic rings. The van der Waals surface area contributed by atoms with Crippen molar-refractivity contribution in [1.29, 1.82) is 0 Å². The number of guanidine groups is 1. The van der Waals surface area contributed by atoms with Crippen molar-refractivity contribution in [3.8, 4) is 0 Å². The zero-order chi connectivity index (χ0) is 15.0. The van der Waals surface area contributed by atoms with Gasteiger partial charge in [0.25, 0.3) is 0 Å². The van der Waals surface area contributed by atoms with Crippen LogP contribution >= 0.6 is 35.7 Å². The summed E-state index contributed by atoms with van der Waals surface area (Å²) in [5.41, 5.74) is 0. The largest absolute Gasteiger partial charge is 0.355 e. The molecule has 0 radical (unpaired) electrons. The maximum absolute atomic E-state index is 4.33. The van der Waals surface area contributed by atoms with Crippen LogP contribution in [-0.4, -0.2) is 61.1 Å². The van der Waals surface area contributed by atoms with Crippen molar-refractivity contribution < 1.29 is 0 Å². The SMILES string of the molecule is C=CCN1CCC(NC(=NC)NCC(C)(C)SC)CC1.I. The van der Waals surface area contributed by atoms with Crippen LogP contribution in [0.4, 0.5) is 0 Å². The number of aliphatic imine (C=N–C) groups is 1. The van der Waals surface area contributed by atoms with Crippen LogP contribution in [0.1, 0.15) is 26.7 Å². The van der Waals surface area contributed by atoms with Gasteiger partial charge in [0.1, 0.15) is 0 Å². The Kier molecular flexibility index (Phi) is 10.7. The molecule has 0 spiro atoms. The van der Waals surface area contributed by atoms with E-state index in [0.717, 1.165) is 32.1 Å². The van der Waals surface area contributed by atoms with Gasteiger partial charge in [-0.05, 0) is 32.9 Å². The van der Waals surface area contributed by atoms with Crippen molar-refractivity contribution in [2.24, 2.45) is 4.99 Å². The quantitative estimate of drug-likeness (QED) is 0.297. The molecule has 0 unspecified atom stereocenters. The highest BCUT2D eigenvalue weighted by atomic mass is 127. The molecule has 1 aliphatic rings. The molecular weight excluding hydrogens is 395 g/mol. The Hall–Kier alpha value is 0.0500. The topological polar surface area (TPSA) is 39.7 Å². The minimum atomic E-state index is 0. The number of rotatable bonds is 6. The van der Waals surface area contributed by atoms with E-state index >= 15 is 0 Å². The Morgan fingerprint density at radius 3 is 2.52 bits per heavy atom. The molecule has 0 amide bonds. The lowest BCUT2D eigenvalue weighted by Crippen LogP contribution is -2.50. The first-order chi connectivity index (χ1) is 9.50. The van der Waals surface area contributed by atoms with Gasteiger partial charge in [0.15, 0.2) is 5.96 Å². The van der Waals surface area contributed by atoms with Crippen molar-refractivity contribution >= 4 is 41.7 Å². The van der Waals surface area contributed by atoms with E-state index in [2.05, 4.69) is 47.2 Å². The summed E-state index contributed by atoms with van der Waals surface area (Å²) >= 11 is 1.87. The molecule has 1 saturated heterocycles. The van der Waals surface area contributed by atoms with Crippen molar-refractivity contribution in [3.05, 3.63) is 12.7 Å².